The molecule has 0 spiro atoms. The second kappa shape index (κ2) is 5.45. The van der Waals surface area contributed by atoms with Crippen LogP contribution in [0.4, 0.5) is 0 Å². The van der Waals surface area contributed by atoms with E-state index < -0.39 is 0 Å². The SMILES string of the molecule is CC1=CC(C)C=C(c2c[nH]c3cc(Br)ccc3c2=O)C=N1. The number of halogens is 1. The molecule has 1 N–H and O–H groups in total. The van der Waals surface area contributed by atoms with Crippen LogP contribution in [0.2, 0.25) is 0 Å². The second-order valence-corrected chi connectivity index (χ2v) is 6.18. The van der Waals surface area contributed by atoms with Gasteiger partial charge in [0.15, 0.2) is 5.43 Å². The maximum absolute atomic E-state index is 12.7. The standard InChI is InChI=1S/C17H15BrN2O/c1-10-5-11(2)19-8-12(6-10)15-9-20-16-7-13(18)3-4-14(16)17(15)21/h3-10H,1-2H3,(H,20,21). The number of aromatic nitrogens is 1. The van der Waals surface area contributed by atoms with E-state index in [0.717, 1.165) is 21.3 Å². The van der Waals surface area contributed by atoms with Crippen LogP contribution in [0.15, 0.2) is 56.5 Å². The van der Waals surface area contributed by atoms with Crippen LogP contribution in [0.5, 0.6) is 0 Å². The third kappa shape index (κ3) is 2.76. The highest BCUT2D eigenvalue weighted by Crippen LogP contribution is 2.21. The van der Waals surface area contributed by atoms with E-state index in [1.165, 1.54) is 0 Å². The van der Waals surface area contributed by atoms with Gasteiger partial charge in [0.2, 0.25) is 0 Å². The first-order chi connectivity index (χ1) is 10.0. The van der Waals surface area contributed by atoms with E-state index in [4.69, 9.17) is 0 Å². The van der Waals surface area contributed by atoms with Crippen molar-refractivity contribution in [2.45, 2.75) is 13.8 Å². The minimum atomic E-state index is 0.0284. The number of hydrogen-bond acceptors (Lipinski definition) is 2. The number of nitrogens with one attached hydrogen (secondary N) is 1. The predicted octanol–water partition coefficient (Wildman–Crippen LogP) is 4.30. The van der Waals surface area contributed by atoms with Crippen molar-refractivity contribution in [3.63, 3.8) is 0 Å². The Bertz CT molecular complexity index is 859. The lowest BCUT2D eigenvalue weighted by Crippen LogP contribution is -2.10. The quantitative estimate of drug-likeness (QED) is 0.824. The Labute approximate surface area is 131 Å². The molecule has 0 aliphatic carbocycles. The predicted molar refractivity (Wildman–Crippen MR) is 91.7 cm³/mol. The van der Waals surface area contributed by atoms with Crippen molar-refractivity contribution in [2.24, 2.45) is 10.9 Å². The van der Waals surface area contributed by atoms with E-state index in [0.29, 0.717) is 10.9 Å². The summed E-state index contributed by atoms with van der Waals surface area (Å²) >= 11 is 3.42. The van der Waals surface area contributed by atoms with Gasteiger partial charge in [-0.1, -0.05) is 35.0 Å². The summed E-state index contributed by atoms with van der Waals surface area (Å²) in [6.45, 7) is 4.05. The molecule has 2 heterocycles. The summed E-state index contributed by atoms with van der Waals surface area (Å²) in [5.74, 6) is 0.252. The number of benzene rings is 1. The Balaban J connectivity index is 2.18. The van der Waals surface area contributed by atoms with Crippen molar-refractivity contribution >= 4 is 38.6 Å². The monoisotopic (exact) mass is 342 g/mol. The van der Waals surface area contributed by atoms with Crippen LogP contribution in [0.3, 0.4) is 0 Å². The van der Waals surface area contributed by atoms with Gasteiger partial charge in [0.1, 0.15) is 0 Å². The van der Waals surface area contributed by atoms with Crippen molar-refractivity contribution in [3.8, 4) is 0 Å². The van der Waals surface area contributed by atoms with Crippen molar-refractivity contribution in [1.82, 2.24) is 4.98 Å². The van der Waals surface area contributed by atoms with E-state index >= 15 is 0 Å². The number of hydrogen-bond donors (Lipinski definition) is 1. The van der Waals surface area contributed by atoms with Crippen molar-refractivity contribution in [3.05, 3.63) is 62.5 Å². The van der Waals surface area contributed by atoms with Crippen LogP contribution >= 0.6 is 15.9 Å². The van der Waals surface area contributed by atoms with E-state index in [1.807, 2.05) is 25.1 Å². The Hall–Kier alpha value is -1.94. The van der Waals surface area contributed by atoms with E-state index in [1.54, 1.807) is 12.4 Å². The van der Waals surface area contributed by atoms with Gasteiger partial charge in [-0.25, -0.2) is 0 Å². The highest BCUT2D eigenvalue weighted by atomic mass is 79.9. The number of nitrogens with zero attached hydrogens (tertiary/aromatic N) is 1. The summed E-state index contributed by atoms with van der Waals surface area (Å²) in [5.41, 5.74) is 3.34. The average molecular weight is 343 g/mol. The summed E-state index contributed by atoms with van der Waals surface area (Å²) in [6.07, 6.45) is 7.68. The minimum Gasteiger partial charge on any atom is -0.360 e. The van der Waals surface area contributed by atoms with Gasteiger partial charge in [-0.2, -0.15) is 0 Å². The molecule has 2 aromatic rings. The molecule has 106 valence electrons. The molecule has 3 rings (SSSR count). The molecule has 0 saturated carbocycles. The molecule has 1 aromatic carbocycles. The molecule has 4 heteroatoms. The average Bonchev–Trinajstić information content (AvgIpc) is 2.60. The number of H-pyrrole nitrogens is 1. The number of aromatic amines is 1. The van der Waals surface area contributed by atoms with E-state index in [9.17, 15) is 4.79 Å². The molecule has 0 radical (unpaired) electrons. The summed E-state index contributed by atoms with van der Waals surface area (Å²) < 4.78 is 0.946. The maximum atomic E-state index is 12.7. The lowest BCUT2D eigenvalue weighted by molar-refractivity contribution is 0.929. The van der Waals surface area contributed by atoms with Crippen molar-refractivity contribution < 1.29 is 0 Å². The fourth-order valence-corrected chi connectivity index (χ4v) is 2.90. The lowest BCUT2D eigenvalue weighted by atomic mass is 10.0. The summed E-state index contributed by atoms with van der Waals surface area (Å²) in [7, 11) is 0. The first-order valence-corrected chi connectivity index (χ1v) is 7.59. The molecule has 1 atom stereocenters. The van der Waals surface area contributed by atoms with Gasteiger partial charge in [-0.15, -0.1) is 0 Å². The molecule has 1 aliphatic rings. The third-order valence-corrected chi connectivity index (χ3v) is 4.00. The molecular weight excluding hydrogens is 328 g/mol. The van der Waals surface area contributed by atoms with Crippen LogP contribution in [-0.4, -0.2) is 11.2 Å². The van der Waals surface area contributed by atoms with Gasteiger partial charge in [0.25, 0.3) is 0 Å². The summed E-state index contributed by atoms with van der Waals surface area (Å²) in [4.78, 5) is 20.3. The van der Waals surface area contributed by atoms with Crippen molar-refractivity contribution in [2.75, 3.05) is 0 Å². The number of allylic oxidation sites excluding steroid dienone is 4. The van der Waals surface area contributed by atoms with Gasteiger partial charge in [-0.05, 0) is 31.0 Å². The minimum absolute atomic E-state index is 0.0284. The zero-order chi connectivity index (χ0) is 15.0. The molecule has 0 amide bonds. The van der Waals surface area contributed by atoms with E-state index in [2.05, 4.69) is 45.0 Å². The zero-order valence-corrected chi connectivity index (χ0v) is 13.4. The van der Waals surface area contributed by atoms with Crippen LogP contribution in [0, 0.1) is 5.92 Å². The fourth-order valence-electron chi connectivity index (χ4n) is 2.54. The van der Waals surface area contributed by atoms with Crippen LogP contribution < -0.4 is 5.43 Å². The third-order valence-electron chi connectivity index (χ3n) is 3.51. The Morgan fingerprint density at radius 3 is 2.90 bits per heavy atom. The first-order valence-electron chi connectivity index (χ1n) is 6.80. The van der Waals surface area contributed by atoms with Crippen LogP contribution in [-0.2, 0) is 0 Å². The van der Waals surface area contributed by atoms with Crippen LogP contribution in [0.25, 0.3) is 16.5 Å². The number of aliphatic imine (C=N–C) groups is 1. The largest absolute Gasteiger partial charge is 0.360 e. The first kappa shape index (κ1) is 14.0. The molecule has 1 aromatic heterocycles. The Morgan fingerprint density at radius 1 is 1.29 bits per heavy atom. The molecule has 0 bridgehead atoms. The van der Waals surface area contributed by atoms with Crippen molar-refractivity contribution in [1.29, 1.82) is 0 Å². The molecule has 3 nitrogen and oxygen atoms in total. The van der Waals surface area contributed by atoms with Gasteiger partial charge in [-0.3, -0.25) is 9.79 Å². The van der Waals surface area contributed by atoms with Gasteiger partial charge < -0.3 is 4.98 Å². The number of pyridine rings is 1. The number of fused-ring (bicyclic) bond motifs is 1. The molecule has 1 aliphatic heterocycles. The normalized spacial score (nSPS) is 18.3. The molecule has 0 fully saturated rings. The van der Waals surface area contributed by atoms with Crippen LogP contribution in [0.1, 0.15) is 19.4 Å². The molecule has 0 saturated heterocycles. The van der Waals surface area contributed by atoms with Gasteiger partial charge in [0.05, 0.1) is 5.52 Å². The highest BCUT2D eigenvalue weighted by molar-refractivity contribution is 9.10. The Kier molecular flexibility index (Phi) is 3.64. The zero-order valence-electron chi connectivity index (χ0n) is 11.9. The highest BCUT2D eigenvalue weighted by Gasteiger charge is 2.11. The fraction of sp³-hybridized carbons (Fsp3) is 0.176. The summed E-state index contributed by atoms with van der Waals surface area (Å²) in [5, 5.41) is 0.687. The van der Waals surface area contributed by atoms with Gasteiger partial charge in [0, 0.05) is 39.1 Å². The molecule has 21 heavy (non-hydrogen) atoms. The lowest BCUT2D eigenvalue weighted by Gasteiger charge is -2.05. The van der Waals surface area contributed by atoms with Gasteiger partial charge >= 0.3 is 0 Å². The molecule has 1 unspecified atom stereocenters. The van der Waals surface area contributed by atoms with E-state index in [-0.39, 0.29) is 11.3 Å². The Morgan fingerprint density at radius 2 is 2.10 bits per heavy atom. The summed E-state index contributed by atoms with van der Waals surface area (Å²) in [6, 6.07) is 5.62. The topological polar surface area (TPSA) is 45.2 Å². The molecular formula is C17H15BrN2O. The smallest absolute Gasteiger partial charge is 0.197 e. The second-order valence-electron chi connectivity index (χ2n) is 5.27. The maximum Gasteiger partial charge on any atom is 0.197 e. The number of rotatable bonds is 1.